The average molecular weight is 264 g/mol. The number of rotatable bonds is 7. The van der Waals surface area contributed by atoms with Gasteiger partial charge in [0.25, 0.3) is 0 Å². The first kappa shape index (κ1) is 15.5. The number of hydrogen-bond acceptors (Lipinski definition) is 3. The molecule has 4 nitrogen and oxygen atoms in total. The Morgan fingerprint density at radius 1 is 1.37 bits per heavy atom. The molecule has 0 saturated carbocycles. The quantitative estimate of drug-likeness (QED) is 0.791. The molecule has 1 aromatic carbocycles. The van der Waals surface area contributed by atoms with Gasteiger partial charge in [0, 0.05) is 18.0 Å². The monoisotopic (exact) mass is 264 g/mol. The molecule has 4 heteroatoms. The third-order valence-corrected chi connectivity index (χ3v) is 2.73. The molecule has 0 aliphatic heterocycles. The maximum Gasteiger partial charge on any atom is 0.223 e. The van der Waals surface area contributed by atoms with Crippen LogP contribution in [0.25, 0.3) is 0 Å². The van der Waals surface area contributed by atoms with Crippen molar-refractivity contribution in [1.29, 1.82) is 0 Å². The van der Waals surface area contributed by atoms with Gasteiger partial charge in [0.05, 0.1) is 6.61 Å². The first-order valence-electron chi connectivity index (χ1n) is 6.63. The molecular weight excluding hydrogens is 240 g/mol. The summed E-state index contributed by atoms with van der Waals surface area (Å²) in [5, 5.41) is 2.85. The molecule has 3 N–H and O–H groups in total. The van der Waals surface area contributed by atoms with Crippen molar-refractivity contribution in [2.24, 2.45) is 11.7 Å². The van der Waals surface area contributed by atoms with Crippen LogP contribution in [0.2, 0.25) is 0 Å². The second-order valence-electron chi connectivity index (χ2n) is 5.56. The topological polar surface area (TPSA) is 64.3 Å². The number of carbonyl (C=O) groups is 1. The molecule has 1 unspecified atom stereocenters. The van der Waals surface area contributed by atoms with Crippen LogP contribution in [0.15, 0.2) is 30.3 Å². The summed E-state index contributed by atoms with van der Waals surface area (Å²) < 4.78 is 5.57. The van der Waals surface area contributed by atoms with E-state index in [0.717, 1.165) is 5.75 Å². The van der Waals surface area contributed by atoms with E-state index < -0.39 is 0 Å². The van der Waals surface area contributed by atoms with E-state index in [0.29, 0.717) is 19.6 Å². The van der Waals surface area contributed by atoms with Crippen LogP contribution in [0.1, 0.15) is 27.2 Å². The van der Waals surface area contributed by atoms with E-state index in [1.54, 1.807) is 0 Å². The van der Waals surface area contributed by atoms with Crippen LogP contribution in [0.3, 0.4) is 0 Å². The predicted molar refractivity (Wildman–Crippen MR) is 77.0 cm³/mol. The molecule has 1 amide bonds. The fourth-order valence-corrected chi connectivity index (χ4v) is 1.49. The summed E-state index contributed by atoms with van der Waals surface area (Å²) in [6.07, 6.45) is 0.686. The number of hydrogen-bond donors (Lipinski definition) is 2. The lowest BCUT2D eigenvalue weighted by Crippen LogP contribution is -2.46. The molecule has 0 spiro atoms. The summed E-state index contributed by atoms with van der Waals surface area (Å²) in [7, 11) is 0. The second kappa shape index (κ2) is 7.14. The van der Waals surface area contributed by atoms with Crippen LogP contribution in [-0.4, -0.2) is 24.6 Å². The molecule has 0 saturated heterocycles. The zero-order valence-electron chi connectivity index (χ0n) is 12.0. The summed E-state index contributed by atoms with van der Waals surface area (Å²) in [4.78, 5) is 11.8. The Morgan fingerprint density at radius 3 is 2.58 bits per heavy atom. The summed E-state index contributed by atoms with van der Waals surface area (Å²) in [5.74, 6) is 0.777. The van der Waals surface area contributed by atoms with Gasteiger partial charge in [-0.3, -0.25) is 4.79 Å². The first-order chi connectivity index (χ1) is 8.88. The molecule has 0 fully saturated rings. The number of carbonyl (C=O) groups excluding carboxylic acids is 1. The van der Waals surface area contributed by atoms with Gasteiger partial charge in [-0.25, -0.2) is 0 Å². The third kappa shape index (κ3) is 6.82. The molecule has 0 aromatic heterocycles. The average Bonchev–Trinajstić information content (AvgIpc) is 2.36. The zero-order chi connectivity index (χ0) is 14.3. The minimum Gasteiger partial charge on any atom is -0.494 e. The number of nitrogens with one attached hydrogen (secondary N) is 1. The van der Waals surface area contributed by atoms with E-state index in [2.05, 4.69) is 5.32 Å². The Balaban J connectivity index is 2.23. The first-order valence-corrected chi connectivity index (χ1v) is 6.63. The maximum atomic E-state index is 11.8. The van der Waals surface area contributed by atoms with Gasteiger partial charge in [-0.05, 0) is 32.4 Å². The van der Waals surface area contributed by atoms with Crippen molar-refractivity contribution >= 4 is 5.91 Å². The van der Waals surface area contributed by atoms with Gasteiger partial charge < -0.3 is 15.8 Å². The standard InChI is InChI=1S/C15H24N2O2/c1-12(14(18)17-11-15(2,3)16)9-10-19-13-7-5-4-6-8-13/h4-8,12H,9-11,16H2,1-3H3,(H,17,18). The highest BCUT2D eigenvalue weighted by Gasteiger charge is 2.16. The summed E-state index contributed by atoms with van der Waals surface area (Å²) in [6, 6.07) is 9.60. The molecule has 0 aliphatic rings. The fraction of sp³-hybridized carbons (Fsp3) is 0.533. The van der Waals surface area contributed by atoms with Crippen molar-refractivity contribution in [1.82, 2.24) is 5.32 Å². The van der Waals surface area contributed by atoms with Gasteiger partial charge in [0.2, 0.25) is 5.91 Å². The van der Waals surface area contributed by atoms with Gasteiger partial charge in [-0.15, -0.1) is 0 Å². The summed E-state index contributed by atoms with van der Waals surface area (Å²) >= 11 is 0. The van der Waals surface area contributed by atoms with Crippen LogP contribution >= 0.6 is 0 Å². The Morgan fingerprint density at radius 2 is 2.00 bits per heavy atom. The molecule has 1 aromatic rings. The molecule has 0 heterocycles. The van der Waals surface area contributed by atoms with Gasteiger partial charge in [-0.1, -0.05) is 25.1 Å². The van der Waals surface area contributed by atoms with Crippen LogP contribution < -0.4 is 15.8 Å². The Kier molecular flexibility index (Phi) is 5.83. The van der Waals surface area contributed by atoms with Crippen molar-refractivity contribution < 1.29 is 9.53 Å². The van der Waals surface area contributed by atoms with Crippen molar-refractivity contribution in [3.63, 3.8) is 0 Å². The molecule has 1 atom stereocenters. The normalized spacial score (nSPS) is 12.8. The Hall–Kier alpha value is -1.55. The highest BCUT2D eigenvalue weighted by atomic mass is 16.5. The van der Waals surface area contributed by atoms with E-state index >= 15 is 0 Å². The summed E-state index contributed by atoms with van der Waals surface area (Å²) in [5.41, 5.74) is 5.44. The van der Waals surface area contributed by atoms with Crippen molar-refractivity contribution in [2.75, 3.05) is 13.2 Å². The lowest BCUT2D eigenvalue weighted by Gasteiger charge is -2.20. The second-order valence-corrected chi connectivity index (χ2v) is 5.56. The number of nitrogens with two attached hydrogens (primary N) is 1. The van der Waals surface area contributed by atoms with Gasteiger partial charge in [-0.2, -0.15) is 0 Å². The minimum absolute atomic E-state index is 0.0233. The molecule has 0 aliphatic carbocycles. The molecular formula is C15H24N2O2. The minimum atomic E-state index is -0.379. The number of amides is 1. The lowest BCUT2D eigenvalue weighted by molar-refractivity contribution is -0.125. The van der Waals surface area contributed by atoms with Crippen molar-refractivity contribution in [3.8, 4) is 5.75 Å². The van der Waals surface area contributed by atoms with Gasteiger partial charge in [0.15, 0.2) is 0 Å². The van der Waals surface area contributed by atoms with Crippen molar-refractivity contribution in [3.05, 3.63) is 30.3 Å². The maximum absolute atomic E-state index is 11.8. The van der Waals surface area contributed by atoms with Crippen LogP contribution in [0, 0.1) is 5.92 Å². The van der Waals surface area contributed by atoms with E-state index in [1.807, 2.05) is 51.1 Å². The number of para-hydroxylation sites is 1. The van der Waals surface area contributed by atoms with Gasteiger partial charge in [0.1, 0.15) is 5.75 Å². The number of benzene rings is 1. The molecule has 0 radical (unpaired) electrons. The van der Waals surface area contributed by atoms with Crippen LogP contribution in [-0.2, 0) is 4.79 Å². The number of ether oxygens (including phenoxy) is 1. The molecule has 0 bridgehead atoms. The Labute approximate surface area is 115 Å². The van der Waals surface area contributed by atoms with Crippen LogP contribution in [0.5, 0.6) is 5.75 Å². The van der Waals surface area contributed by atoms with Gasteiger partial charge >= 0.3 is 0 Å². The third-order valence-electron chi connectivity index (χ3n) is 2.73. The highest BCUT2D eigenvalue weighted by molar-refractivity contribution is 5.78. The Bertz CT molecular complexity index is 385. The fourth-order valence-electron chi connectivity index (χ4n) is 1.49. The zero-order valence-corrected chi connectivity index (χ0v) is 12.0. The molecule has 106 valence electrons. The SMILES string of the molecule is CC(CCOc1ccccc1)C(=O)NCC(C)(C)N. The smallest absolute Gasteiger partial charge is 0.223 e. The molecule has 1 rings (SSSR count). The van der Waals surface area contributed by atoms with E-state index in [1.165, 1.54) is 0 Å². The largest absolute Gasteiger partial charge is 0.494 e. The predicted octanol–water partition coefficient (Wildman–Crippen LogP) is 1.95. The van der Waals surface area contributed by atoms with E-state index in [9.17, 15) is 4.79 Å². The van der Waals surface area contributed by atoms with Crippen molar-refractivity contribution in [2.45, 2.75) is 32.7 Å². The van der Waals surface area contributed by atoms with Crippen LogP contribution in [0.4, 0.5) is 0 Å². The highest BCUT2D eigenvalue weighted by Crippen LogP contribution is 2.10. The lowest BCUT2D eigenvalue weighted by atomic mass is 10.1. The molecule has 19 heavy (non-hydrogen) atoms. The van der Waals surface area contributed by atoms with E-state index in [-0.39, 0.29) is 17.4 Å². The van der Waals surface area contributed by atoms with E-state index in [4.69, 9.17) is 10.5 Å². The summed E-state index contributed by atoms with van der Waals surface area (Å²) in [6.45, 7) is 6.68.